The van der Waals surface area contributed by atoms with E-state index < -0.39 is 24.9 Å². The largest absolute Gasteiger partial charge is 0.350 e. The number of nitrogens with one attached hydrogen (secondary N) is 1. The SMILES string of the molecule is Cc1nc2ncnn2c(C)c1CCC(=O)NCC(F)(F)CN. The summed E-state index contributed by atoms with van der Waals surface area (Å²) in [7, 11) is 0. The van der Waals surface area contributed by atoms with Gasteiger partial charge in [-0.25, -0.2) is 18.3 Å². The molecule has 7 nitrogen and oxygen atoms in total. The molecule has 0 saturated heterocycles. The molecule has 0 aliphatic heterocycles. The van der Waals surface area contributed by atoms with E-state index in [1.165, 1.54) is 6.33 Å². The molecule has 0 aromatic carbocycles. The van der Waals surface area contributed by atoms with Gasteiger partial charge in [0.25, 0.3) is 11.7 Å². The van der Waals surface area contributed by atoms with Crippen molar-refractivity contribution < 1.29 is 13.6 Å². The number of hydrogen-bond donors (Lipinski definition) is 2. The number of carbonyl (C=O) groups excluding carboxylic acids is 1. The predicted octanol–water partition coefficient (Wildman–Crippen LogP) is 0.384. The highest BCUT2D eigenvalue weighted by molar-refractivity contribution is 5.76. The Balaban J connectivity index is 2.01. The molecule has 2 heterocycles. The molecule has 2 rings (SSSR count). The van der Waals surface area contributed by atoms with Crippen molar-refractivity contribution in [1.82, 2.24) is 24.9 Å². The van der Waals surface area contributed by atoms with Crippen molar-refractivity contribution in [2.45, 2.75) is 32.6 Å². The van der Waals surface area contributed by atoms with Gasteiger partial charge in [0.1, 0.15) is 6.33 Å². The monoisotopic (exact) mass is 312 g/mol. The number of alkyl halides is 2. The summed E-state index contributed by atoms with van der Waals surface area (Å²) in [5.74, 6) is -3.04. The van der Waals surface area contributed by atoms with Crippen molar-refractivity contribution in [3.8, 4) is 0 Å². The highest BCUT2D eigenvalue weighted by Gasteiger charge is 2.27. The van der Waals surface area contributed by atoms with Crippen LogP contribution in [0.15, 0.2) is 6.33 Å². The van der Waals surface area contributed by atoms with E-state index in [0.29, 0.717) is 12.2 Å². The maximum Gasteiger partial charge on any atom is 0.277 e. The highest BCUT2D eigenvalue weighted by Crippen LogP contribution is 2.15. The lowest BCUT2D eigenvalue weighted by Crippen LogP contribution is -2.41. The molecule has 0 saturated carbocycles. The van der Waals surface area contributed by atoms with Crippen LogP contribution < -0.4 is 11.1 Å². The van der Waals surface area contributed by atoms with Gasteiger partial charge < -0.3 is 11.1 Å². The number of hydrogen-bond acceptors (Lipinski definition) is 5. The molecule has 0 atom stereocenters. The van der Waals surface area contributed by atoms with E-state index in [9.17, 15) is 13.6 Å². The molecule has 0 aliphatic carbocycles. The maximum absolute atomic E-state index is 13.0. The van der Waals surface area contributed by atoms with Crippen LogP contribution in [0.3, 0.4) is 0 Å². The Kier molecular flexibility index (Phi) is 4.65. The summed E-state index contributed by atoms with van der Waals surface area (Å²) in [6.07, 6.45) is 1.88. The minimum absolute atomic E-state index is 0.0875. The number of nitrogens with two attached hydrogens (primary N) is 1. The number of amides is 1. The summed E-state index contributed by atoms with van der Waals surface area (Å²) in [5, 5.41) is 6.25. The van der Waals surface area contributed by atoms with Gasteiger partial charge in [-0.3, -0.25) is 4.79 Å². The van der Waals surface area contributed by atoms with E-state index in [0.717, 1.165) is 17.0 Å². The number of aromatic nitrogens is 4. The molecule has 2 aromatic heterocycles. The Morgan fingerprint density at radius 1 is 1.45 bits per heavy atom. The van der Waals surface area contributed by atoms with Crippen LogP contribution in [0.4, 0.5) is 8.78 Å². The summed E-state index contributed by atoms with van der Waals surface area (Å²) in [4.78, 5) is 20.0. The number of carbonyl (C=O) groups is 1. The maximum atomic E-state index is 13.0. The van der Waals surface area contributed by atoms with Gasteiger partial charge in [0, 0.05) is 17.8 Å². The Labute approximate surface area is 125 Å². The average Bonchev–Trinajstić information content (AvgIpc) is 2.93. The molecule has 0 radical (unpaired) electrons. The lowest BCUT2D eigenvalue weighted by atomic mass is 10.1. The predicted molar refractivity (Wildman–Crippen MR) is 75.6 cm³/mol. The molecular formula is C13H18F2N6O. The zero-order chi connectivity index (χ0) is 16.3. The van der Waals surface area contributed by atoms with Gasteiger partial charge in [-0.15, -0.1) is 0 Å². The van der Waals surface area contributed by atoms with Crippen molar-refractivity contribution in [3.63, 3.8) is 0 Å². The minimum Gasteiger partial charge on any atom is -0.350 e. The Bertz CT molecular complexity index is 684. The summed E-state index contributed by atoms with van der Waals surface area (Å²) in [6, 6.07) is 0. The van der Waals surface area contributed by atoms with Gasteiger partial charge in [0.15, 0.2) is 0 Å². The van der Waals surface area contributed by atoms with E-state index in [1.54, 1.807) is 4.52 Å². The van der Waals surface area contributed by atoms with Crippen LogP contribution in [0.1, 0.15) is 23.4 Å². The topological polar surface area (TPSA) is 98.2 Å². The van der Waals surface area contributed by atoms with Crippen molar-refractivity contribution >= 4 is 11.7 Å². The lowest BCUT2D eigenvalue weighted by molar-refractivity contribution is -0.122. The number of fused-ring (bicyclic) bond motifs is 1. The first-order valence-corrected chi connectivity index (χ1v) is 6.84. The second-order valence-corrected chi connectivity index (χ2v) is 5.07. The smallest absolute Gasteiger partial charge is 0.277 e. The Morgan fingerprint density at radius 3 is 2.86 bits per heavy atom. The zero-order valence-corrected chi connectivity index (χ0v) is 12.4. The number of rotatable bonds is 6. The molecule has 0 aliphatic rings. The van der Waals surface area contributed by atoms with Gasteiger partial charge in [0.05, 0.1) is 13.1 Å². The Hall–Kier alpha value is -2.16. The first-order chi connectivity index (χ1) is 10.3. The molecule has 0 unspecified atom stereocenters. The molecule has 0 fully saturated rings. The number of aryl methyl sites for hydroxylation is 2. The highest BCUT2D eigenvalue weighted by atomic mass is 19.3. The lowest BCUT2D eigenvalue weighted by Gasteiger charge is -2.15. The van der Waals surface area contributed by atoms with Gasteiger partial charge in [-0.05, 0) is 25.8 Å². The molecule has 0 spiro atoms. The fourth-order valence-corrected chi connectivity index (χ4v) is 2.14. The normalized spacial score (nSPS) is 11.9. The zero-order valence-electron chi connectivity index (χ0n) is 12.4. The molecule has 2 aromatic rings. The summed E-state index contributed by atoms with van der Waals surface area (Å²) < 4.78 is 27.5. The third-order valence-electron chi connectivity index (χ3n) is 3.43. The van der Waals surface area contributed by atoms with Crippen molar-refractivity contribution in [2.24, 2.45) is 5.73 Å². The van der Waals surface area contributed by atoms with Crippen molar-refractivity contribution in [2.75, 3.05) is 13.1 Å². The molecule has 120 valence electrons. The molecule has 1 amide bonds. The summed E-state index contributed by atoms with van der Waals surface area (Å²) in [5.41, 5.74) is 7.36. The second-order valence-electron chi connectivity index (χ2n) is 5.07. The van der Waals surface area contributed by atoms with Crippen molar-refractivity contribution in [1.29, 1.82) is 0 Å². The fraction of sp³-hybridized carbons (Fsp3) is 0.538. The van der Waals surface area contributed by atoms with Crippen LogP contribution in [0.25, 0.3) is 5.78 Å². The van der Waals surface area contributed by atoms with E-state index in [-0.39, 0.29) is 6.42 Å². The Morgan fingerprint density at radius 2 is 2.18 bits per heavy atom. The second kappa shape index (κ2) is 6.30. The van der Waals surface area contributed by atoms with Gasteiger partial charge in [-0.2, -0.15) is 10.1 Å². The molecule has 0 bridgehead atoms. The van der Waals surface area contributed by atoms with Gasteiger partial charge >= 0.3 is 0 Å². The van der Waals surface area contributed by atoms with Crippen LogP contribution in [-0.4, -0.2) is 44.5 Å². The molecule has 9 heteroatoms. The van der Waals surface area contributed by atoms with Crippen molar-refractivity contribution in [3.05, 3.63) is 23.3 Å². The first-order valence-electron chi connectivity index (χ1n) is 6.84. The van der Waals surface area contributed by atoms with E-state index in [4.69, 9.17) is 5.73 Å². The van der Waals surface area contributed by atoms with Gasteiger partial charge in [-0.1, -0.05) is 0 Å². The van der Waals surface area contributed by atoms with Crippen LogP contribution in [0.2, 0.25) is 0 Å². The standard InChI is InChI=1S/C13H18F2N6O/c1-8-10(9(2)21-12(20-8)18-7-19-21)3-4-11(22)17-6-13(14,15)5-16/h7H,3-6,16H2,1-2H3,(H,17,22). The van der Waals surface area contributed by atoms with E-state index in [2.05, 4.69) is 20.4 Å². The fourth-order valence-electron chi connectivity index (χ4n) is 2.14. The van der Waals surface area contributed by atoms with E-state index in [1.807, 2.05) is 13.8 Å². The third kappa shape index (κ3) is 3.53. The minimum atomic E-state index is -3.08. The molecule has 22 heavy (non-hydrogen) atoms. The van der Waals surface area contributed by atoms with Gasteiger partial charge in [0.2, 0.25) is 5.91 Å². The average molecular weight is 312 g/mol. The van der Waals surface area contributed by atoms with E-state index >= 15 is 0 Å². The van der Waals surface area contributed by atoms with Crippen LogP contribution in [-0.2, 0) is 11.2 Å². The third-order valence-corrected chi connectivity index (χ3v) is 3.43. The summed E-state index contributed by atoms with van der Waals surface area (Å²) in [6.45, 7) is 2.13. The van der Waals surface area contributed by atoms with Crippen LogP contribution >= 0.6 is 0 Å². The molecular weight excluding hydrogens is 294 g/mol. The summed E-state index contributed by atoms with van der Waals surface area (Å²) >= 11 is 0. The first kappa shape index (κ1) is 16.2. The number of halogens is 2. The quantitative estimate of drug-likeness (QED) is 0.804. The van der Waals surface area contributed by atoms with Crippen LogP contribution in [0.5, 0.6) is 0 Å². The molecule has 3 N–H and O–H groups in total. The van der Waals surface area contributed by atoms with Crippen LogP contribution in [0, 0.1) is 13.8 Å². The number of nitrogens with zero attached hydrogens (tertiary/aromatic N) is 4.